The summed E-state index contributed by atoms with van der Waals surface area (Å²) in [7, 11) is 0. The summed E-state index contributed by atoms with van der Waals surface area (Å²) in [5.74, 6) is 0.811. The number of carbonyl (C=O) groups is 1. The van der Waals surface area contributed by atoms with E-state index in [9.17, 15) is 4.79 Å². The van der Waals surface area contributed by atoms with E-state index in [0.29, 0.717) is 5.92 Å². The molecule has 1 unspecified atom stereocenters. The maximum Gasteiger partial charge on any atom is 0.191 e. The third-order valence-corrected chi connectivity index (χ3v) is 4.24. The molecule has 1 aliphatic heterocycles. The molecular formula is C16H20O2. The van der Waals surface area contributed by atoms with Crippen molar-refractivity contribution >= 4 is 5.78 Å². The molecule has 0 N–H and O–H groups in total. The van der Waals surface area contributed by atoms with Crippen LogP contribution in [0.1, 0.15) is 60.4 Å². The van der Waals surface area contributed by atoms with Crippen LogP contribution >= 0.6 is 0 Å². The number of carbonyl (C=O) groups excluding carboxylic acids is 1. The second kappa shape index (κ2) is 5.23. The molecule has 1 aromatic rings. The molecule has 1 saturated heterocycles. The maximum absolute atomic E-state index is 12.5. The van der Waals surface area contributed by atoms with Gasteiger partial charge in [0, 0.05) is 12.2 Å². The lowest BCUT2D eigenvalue weighted by Gasteiger charge is -2.29. The van der Waals surface area contributed by atoms with Crippen LogP contribution in [-0.4, -0.2) is 18.5 Å². The van der Waals surface area contributed by atoms with Crippen molar-refractivity contribution in [1.82, 2.24) is 0 Å². The number of hydrogen-bond acceptors (Lipinski definition) is 2. The molecule has 2 aliphatic rings. The second-order valence-electron chi connectivity index (χ2n) is 5.43. The molecule has 1 heterocycles. The summed E-state index contributed by atoms with van der Waals surface area (Å²) in [5.41, 5.74) is 2.16. The van der Waals surface area contributed by atoms with Gasteiger partial charge in [0.15, 0.2) is 5.78 Å². The minimum absolute atomic E-state index is 0.194. The first-order valence-electron chi connectivity index (χ1n) is 7.11. The predicted octanol–water partition coefficient (Wildman–Crippen LogP) is 3.71. The van der Waals surface area contributed by atoms with Crippen LogP contribution in [0, 0.1) is 0 Å². The molecule has 0 bridgehead atoms. The molecule has 1 aromatic carbocycles. The average molecular weight is 244 g/mol. The molecule has 18 heavy (non-hydrogen) atoms. The Hall–Kier alpha value is -1.15. The van der Waals surface area contributed by atoms with Gasteiger partial charge in [-0.05, 0) is 43.6 Å². The Labute approximate surface area is 108 Å². The van der Waals surface area contributed by atoms with Gasteiger partial charge in [-0.1, -0.05) is 30.7 Å². The van der Waals surface area contributed by atoms with Crippen LogP contribution in [0.15, 0.2) is 24.3 Å². The van der Waals surface area contributed by atoms with Gasteiger partial charge in [-0.3, -0.25) is 4.79 Å². The zero-order valence-corrected chi connectivity index (χ0v) is 10.7. The molecule has 96 valence electrons. The molecule has 0 radical (unpaired) electrons. The minimum atomic E-state index is -0.194. The maximum atomic E-state index is 12.5. The van der Waals surface area contributed by atoms with Crippen LogP contribution in [0.2, 0.25) is 0 Å². The number of ether oxygens (including phenoxy) is 1. The Morgan fingerprint density at radius 1 is 1.06 bits per heavy atom. The first kappa shape index (κ1) is 11.9. The van der Waals surface area contributed by atoms with Crippen molar-refractivity contribution in [3.63, 3.8) is 0 Å². The van der Waals surface area contributed by atoms with E-state index in [2.05, 4.69) is 6.07 Å². The van der Waals surface area contributed by atoms with Gasteiger partial charge in [-0.2, -0.15) is 0 Å². The second-order valence-corrected chi connectivity index (χ2v) is 5.43. The highest BCUT2D eigenvalue weighted by molar-refractivity contribution is 6.01. The fraction of sp³-hybridized carbons (Fsp3) is 0.562. The fourth-order valence-electron chi connectivity index (χ4n) is 2.92. The SMILES string of the molecule is O=C(c1ccccc1C1CCC1)C1CCCCO1. The molecule has 0 amide bonds. The lowest BCUT2D eigenvalue weighted by Crippen LogP contribution is -2.29. The van der Waals surface area contributed by atoms with Gasteiger partial charge in [0.2, 0.25) is 0 Å². The first-order valence-corrected chi connectivity index (χ1v) is 7.11. The van der Waals surface area contributed by atoms with Gasteiger partial charge in [0.05, 0.1) is 0 Å². The number of benzene rings is 1. The molecule has 2 nitrogen and oxygen atoms in total. The standard InChI is InChI=1S/C16H20O2/c17-16(15-10-3-4-11-18-15)14-9-2-1-8-13(14)12-6-5-7-12/h1-2,8-9,12,15H,3-7,10-11H2. The predicted molar refractivity (Wildman–Crippen MR) is 71.0 cm³/mol. The molecule has 1 atom stereocenters. The van der Waals surface area contributed by atoms with Crippen LogP contribution in [-0.2, 0) is 4.74 Å². The summed E-state index contributed by atoms with van der Waals surface area (Å²) in [6.45, 7) is 0.738. The third-order valence-electron chi connectivity index (χ3n) is 4.24. The van der Waals surface area contributed by atoms with Crippen molar-refractivity contribution in [1.29, 1.82) is 0 Å². The first-order chi connectivity index (χ1) is 8.86. The molecule has 1 saturated carbocycles. The summed E-state index contributed by atoms with van der Waals surface area (Å²) in [6, 6.07) is 8.12. The molecule has 0 aromatic heterocycles. The van der Waals surface area contributed by atoms with Crippen LogP contribution in [0.4, 0.5) is 0 Å². The topological polar surface area (TPSA) is 26.3 Å². The van der Waals surface area contributed by atoms with Crippen molar-refractivity contribution in [2.75, 3.05) is 6.61 Å². The Morgan fingerprint density at radius 3 is 2.56 bits per heavy atom. The summed E-state index contributed by atoms with van der Waals surface area (Å²) >= 11 is 0. The summed E-state index contributed by atoms with van der Waals surface area (Å²) in [6.07, 6.45) is 6.66. The highest BCUT2D eigenvalue weighted by atomic mass is 16.5. The molecule has 0 spiro atoms. The van der Waals surface area contributed by atoms with Gasteiger partial charge in [-0.25, -0.2) is 0 Å². The van der Waals surface area contributed by atoms with Crippen LogP contribution in [0.25, 0.3) is 0 Å². The Bertz CT molecular complexity index is 428. The number of Topliss-reactive ketones (excluding diaryl/α,β-unsaturated/α-hetero) is 1. The van der Waals surface area contributed by atoms with E-state index < -0.39 is 0 Å². The summed E-state index contributed by atoms with van der Waals surface area (Å²) in [4.78, 5) is 12.5. The fourth-order valence-corrected chi connectivity index (χ4v) is 2.92. The zero-order valence-electron chi connectivity index (χ0n) is 10.7. The number of ketones is 1. The quantitative estimate of drug-likeness (QED) is 0.758. The van der Waals surface area contributed by atoms with E-state index in [1.807, 2.05) is 18.2 Å². The molecular weight excluding hydrogens is 224 g/mol. The van der Waals surface area contributed by atoms with Crippen LogP contribution in [0.5, 0.6) is 0 Å². The Morgan fingerprint density at radius 2 is 1.89 bits per heavy atom. The minimum Gasteiger partial charge on any atom is -0.370 e. The largest absolute Gasteiger partial charge is 0.370 e. The van der Waals surface area contributed by atoms with Crippen molar-refractivity contribution in [2.24, 2.45) is 0 Å². The monoisotopic (exact) mass is 244 g/mol. The normalized spacial score (nSPS) is 24.6. The van der Waals surface area contributed by atoms with Crippen molar-refractivity contribution in [3.05, 3.63) is 35.4 Å². The molecule has 1 aliphatic carbocycles. The van der Waals surface area contributed by atoms with E-state index >= 15 is 0 Å². The van der Waals surface area contributed by atoms with Gasteiger partial charge in [-0.15, -0.1) is 0 Å². The Balaban J connectivity index is 1.83. The highest BCUT2D eigenvalue weighted by Gasteiger charge is 2.28. The third kappa shape index (κ3) is 2.22. The summed E-state index contributed by atoms with van der Waals surface area (Å²) in [5, 5.41) is 0. The van der Waals surface area contributed by atoms with E-state index in [4.69, 9.17) is 4.74 Å². The van der Waals surface area contributed by atoms with Gasteiger partial charge < -0.3 is 4.74 Å². The zero-order chi connectivity index (χ0) is 12.4. The van der Waals surface area contributed by atoms with E-state index in [-0.39, 0.29) is 11.9 Å². The van der Waals surface area contributed by atoms with Gasteiger partial charge >= 0.3 is 0 Å². The summed E-state index contributed by atoms with van der Waals surface area (Å²) < 4.78 is 5.63. The van der Waals surface area contributed by atoms with E-state index in [1.165, 1.54) is 24.8 Å². The van der Waals surface area contributed by atoms with E-state index in [0.717, 1.165) is 31.4 Å². The van der Waals surface area contributed by atoms with E-state index in [1.54, 1.807) is 0 Å². The van der Waals surface area contributed by atoms with Crippen molar-refractivity contribution < 1.29 is 9.53 Å². The average Bonchev–Trinajstić information content (AvgIpc) is 2.38. The number of hydrogen-bond donors (Lipinski definition) is 0. The Kier molecular flexibility index (Phi) is 3.46. The van der Waals surface area contributed by atoms with Gasteiger partial charge in [0.1, 0.15) is 6.10 Å². The van der Waals surface area contributed by atoms with Crippen LogP contribution < -0.4 is 0 Å². The van der Waals surface area contributed by atoms with Gasteiger partial charge in [0.25, 0.3) is 0 Å². The van der Waals surface area contributed by atoms with Crippen LogP contribution in [0.3, 0.4) is 0 Å². The molecule has 3 rings (SSSR count). The lowest BCUT2D eigenvalue weighted by molar-refractivity contribution is 0.0185. The lowest BCUT2D eigenvalue weighted by atomic mass is 9.77. The van der Waals surface area contributed by atoms with Crippen molar-refractivity contribution in [2.45, 2.75) is 50.5 Å². The molecule has 2 fully saturated rings. The molecule has 2 heteroatoms. The number of rotatable bonds is 3. The highest BCUT2D eigenvalue weighted by Crippen LogP contribution is 2.38. The van der Waals surface area contributed by atoms with Crippen molar-refractivity contribution in [3.8, 4) is 0 Å². The smallest absolute Gasteiger partial charge is 0.191 e.